The molecule has 2 N–H and O–H groups in total. The molecule has 0 aromatic heterocycles. The number of amides is 1. The average Bonchev–Trinajstić information content (AvgIpc) is 2.34. The van der Waals surface area contributed by atoms with Crippen molar-refractivity contribution in [1.82, 2.24) is 5.32 Å². The van der Waals surface area contributed by atoms with E-state index in [4.69, 9.17) is 4.74 Å². The van der Waals surface area contributed by atoms with Crippen molar-refractivity contribution < 1.29 is 9.53 Å². The van der Waals surface area contributed by atoms with Crippen molar-refractivity contribution in [2.24, 2.45) is 0 Å². The van der Waals surface area contributed by atoms with Crippen LogP contribution in [-0.4, -0.2) is 24.6 Å². The van der Waals surface area contributed by atoms with E-state index in [0.717, 1.165) is 17.0 Å². The molecule has 0 aliphatic carbocycles. The number of hydrogen-bond donors (Lipinski definition) is 2. The molecule has 0 aliphatic heterocycles. The topological polar surface area (TPSA) is 50.4 Å². The summed E-state index contributed by atoms with van der Waals surface area (Å²) in [6, 6.07) is 7.34. The van der Waals surface area contributed by atoms with Gasteiger partial charge in [0.05, 0.1) is 6.54 Å². The zero-order chi connectivity index (χ0) is 15.2. The second-order valence-corrected chi connectivity index (χ2v) is 5.93. The Kier molecular flexibility index (Phi) is 5.77. The number of rotatable bonds is 6. The Morgan fingerprint density at radius 3 is 2.65 bits per heavy atom. The van der Waals surface area contributed by atoms with Gasteiger partial charge in [-0.3, -0.25) is 4.79 Å². The highest BCUT2D eigenvalue weighted by molar-refractivity contribution is 5.92. The van der Waals surface area contributed by atoms with Crippen LogP contribution in [0.2, 0.25) is 0 Å². The standard InChI is InChI=1S/C16H24N2O2/c1-12(2)11-20-14-8-6-7-13(9-14)18-15(19)10-17-16(3,4)5/h6-9,17H,1,10-11H2,2-5H3,(H,18,19). The van der Waals surface area contributed by atoms with E-state index in [-0.39, 0.29) is 18.0 Å². The zero-order valence-corrected chi connectivity index (χ0v) is 12.7. The molecule has 0 fully saturated rings. The van der Waals surface area contributed by atoms with Gasteiger partial charge in [0.15, 0.2) is 0 Å². The van der Waals surface area contributed by atoms with Crippen molar-refractivity contribution in [1.29, 1.82) is 0 Å². The van der Waals surface area contributed by atoms with E-state index in [9.17, 15) is 4.79 Å². The molecular formula is C16H24N2O2. The van der Waals surface area contributed by atoms with Gasteiger partial charge in [-0.2, -0.15) is 0 Å². The summed E-state index contributed by atoms with van der Waals surface area (Å²) in [4.78, 5) is 11.8. The Balaban J connectivity index is 2.53. The van der Waals surface area contributed by atoms with Crippen molar-refractivity contribution in [3.8, 4) is 5.75 Å². The number of ether oxygens (including phenoxy) is 1. The lowest BCUT2D eigenvalue weighted by molar-refractivity contribution is -0.115. The van der Waals surface area contributed by atoms with Crippen LogP contribution >= 0.6 is 0 Å². The third-order valence-corrected chi connectivity index (χ3v) is 2.38. The molecule has 0 bridgehead atoms. The predicted octanol–water partition coefficient (Wildman–Crippen LogP) is 2.97. The minimum absolute atomic E-state index is 0.0722. The molecule has 20 heavy (non-hydrogen) atoms. The maximum absolute atomic E-state index is 11.8. The molecule has 0 unspecified atom stereocenters. The number of benzene rings is 1. The van der Waals surface area contributed by atoms with Crippen LogP contribution in [0.3, 0.4) is 0 Å². The monoisotopic (exact) mass is 276 g/mol. The normalized spacial score (nSPS) is 11.0. The maximum atomic E-state index is 11.8. The molecule has 110 valence electrons. The van der Waals surface area contributed by atoms with Crippen molar-refractivity contribution in [3.05, 3.63) is 36.4 Å². The van der Waals surface area contributed by atoms with E-state index in [1.54, 1.807) is 6.07 Å². The maximum Gasteiger partial charge on any atom is 0.238 e. The molecule has 4 heteroatoms. The fourth-order valence-electron chi connectivity index (χ4n) is 1.42. The molecule has 1 amide bonds. The van der Waals surface area contributed by atoms with Crippen molar-refractivity contribution in [2.45, 2.75) is 33.2 Å². The lowest BCUT2D eigenvalue weighted by Gasteiger charge is -2.20. The molecule has 0 heterocycles. The van der Waals surface area contributed by atoms with Gasteiger partial charge in [-0.05, 0) is 45.4 Å². The molecule has 0 saturated heterocycles. The number of carbonyl (C=O) groups is 1. The zero-order valence-electron chi connectivity index (χ0n) is 12.7. The summed E-state index contributed by atoms with van der Waals surface area (Å²) in [7, 11) is 0. The van der Waals surface area contributed by atoms with Crippen LogP contribution in [0, 0.1) is 0 Å². The summed E-state index contributed by atoms with van der Waals surface area (Å²) in [5, 5.41) is 5.98. The van der Waals surface area contributed by atoms with E-state index in [1.807, 2.05) is 45.9 Å². The lowest BCUT2D eigenvalue weighted by atomic mass is 10.1. The van der Waals surface area contributed by atoms with Crippen molar-refractivity contribution in [2.75, 3.05) is 18.5 Å². The molecule has 1 rings (SSSR count). The summed E-state index contributed by atoms with van der Waals surface area (Å²) >= 11 is 0. The summed E-state index contributed by atoms with van der Waals surface area (Å²) in [5.41, 5.74) is 1.60. The smallest absolute Gasteiger partial charge is 0.238 e. The van der Waals surface area contributed by atoms with Gasteiger partial charge in [0, 0.05) is 17.3 Å². The highest BCUT2D eigenvalue weighted by Crippen LogP contribution is 2.17. The van der Waals surface area contributed by atoms with Gasteiger partial charge in [0.25, 0.3) is 0 Å². The molecule has 1 aromatic rings. The van der Waals surface area contributed by atoms with E-state index >= 15 is 0 Å². The molecule has 4 nitrogen and oxygen atoms in total. The Bertz CT molecular complexity index is 476. The third-order valence-electron chi connectivity index (χ3n) is 2.38. The first-order valence-electron chi connectivity index (χ1n) is 6.68. The Hall–Kier alpha value is -1.81. The molecule has 1 aromatic carbocycles. The van der Waals surface area contributed by atoms with Gasteiger partial charge in [-0.15, -0.1) is 0 Å². The number of anilines is 1. The molecule has 0 aliphatic rings. The second-order valence-electron chi connectivity index (χ2n) is 5.93. The van der Waals surface area contributed by atoms with Crippen LogP contribution in [-0.2, 0) is 4.79 Å². The van der Waals surface area contributed by atoms with Crippen LogP contribution in [0.1, 0.15) is 27.7 Å². The van der Waals surface area contributed by atoms with Gasteiger partial charge in [-0.25, -0.2) is 0 Å². The quantitative estimate of drug-likeness (QED) is 0.785. The summed E-state index contributed by atoms with van der Waals surface area (Å²) in [6.45, 7) is 12.5. The largest absolute Gasteiger partial charge is 0.489 e. The highest BCUT2D eigenvalue weighted by atomic mass is 16.5. The number of nitrogens with one attached hydrogen (secondary N) is 2. The molecule has 0 radical (unpaired) electrons. The minimum atomic E-state index is -0.0796. The first-order valence-corrected chi connectivity index (χ1v) is 6.68. The van der Waals surface area contributed by atoms with Gasteiger partial charge in [0.2, 0.25) is 5.91 Å². The minimum Gasteiger partial charge on any atom is -0.489 e. The highest BCUT2D eigenvalue weighted by Gasteiger charge is 2.11. The van der Waals surface area contributed by atoms with Crippen molar-refractivity contribution in [3.63, 3.8) is 0 Å². The van der Waals surface area contributed by atoms with E-state index in [2.05, 4.69) is 17.2 Å². The fraction of sp³-hybridized carbons (Fsp3) is 0.438. The summed E-state index contributed by atoms with van der Waals surface area (Å²) < 4.78 is 5.54. The van der Waals surface area contributed by atoms with Crippen LogP contribution in [0.4, 0.5) is 5.69 Å². The number of hydrogen-bond acceptors (Lipinski definition) is 3. The number of carbonyl (C=O) groups excluding carboxylic acids is 1. The third kappa shape index (κ3) is 6.95. The summed E-state index contributed by atoms with van der Waals surface area (Å²) in [6.07, 6.45) is 0. The van der Waals surface area contributed by atoms with Gasteiger partial charge < -0.3 is 15.4 Å². The predicted molar refractivity (Wildman–Crippen MR) is 83.1 cm³/mol. The van der Waals surface area contributed by atoms with Gasteiger partial charge >= 0.3 is 0 Å². The van der Waals surface area contributed by atoms with Crippen molar-refractivity contribution >= 4 is 11.6 Å². The SMILES string of the molecule is C=C(C)COc1cccc(NC(=O)CNC(C)(C)C)c1. The van der Waals surface area contributed by atoms with E-state index in [1.165, 1.54) is 0 Å². The Morgan fingerprint density at radius 2 is 2.05 bits per heavy atom. The second kappa shape index (κ2) is 7.10. The van der Waals surface area contributed by atoms with Crippen LogP contribution < -0.4 is 15.4 Å². The van der Waals surface area contributed by atoms with Crippen LogP contribution in [0.25, 0.3) is 0 Å². The lowest BCUT2D eigenvalue weighted by Crippen LogP contribution is -2.41. The Labute approximate surface area is 121 Å². The van der Waals surface area contributed by atoms with Crippen LogP contribution in [0.5, 0.6) is 5.75 Å². The van der Waals surface area contributed by atoms with Gasteiger partial charge in [-0.1, -0.05) is 12.6 Å². The first-order chi connectivity index (χ1) is 9.26. The van der Waals surface area contributed by atoms with E-state index in [0.29, 0.717) is 6.61 Å². The molecule has 0 atom stereocenters. The Morgan fingerprint density at radius 1 is 1.35 bits per heavy atom. The van der Waals surface area contributed by atoms with Crippen LogP contribution in [0.15, 0.2) is 36.4 Å². The van der Waals surface area contributed by atoms with Gasteiger partial charge in [0.1, 0.15) is 12.4 Å². The van der Waals surface area contributed by atoms with E-state index < -0.39 is 0 Å². The molecule has 0 spiro atoms. The average molecular weight is 276 g/mol. The summed E-state index contributed by atoms with van der Waals surface area (Å²) in [5.74, 6) is 0.645. The molecular weight excluding hydrogens is 252 g/mol. The molecule has 0 saturated carbocycles. The fourth-order valence-corrected chi connectivity index (χ4v) is 1.42. The first kappa shape index (κ1) is 16.2.